The van der Waals surface area contributed by atoms with E-state index in [-0.39, 0.29) is 0 Å². The maximum absolute atomic E-state index is 11.8. The monoisotopic (exact) mass is 287 g/mol. The van der Waals surface area contributed by atoms with Gasteiger partial charge in [0.1, 0.15) is 0 Å². The van der Waals surface area contributed by atoms with Crippen molar-refractivity contribution in [2.75, 3.05) is 31.1 Å². The number of carbonyl (C=O) groups excluding carboxylic acids is 2. The number of anilines is 1. The lowest BCUT2D eigenvalue weighted by Gasteiger charge is -2.27. The van der Waals surface area contributed by atoms with Gasteiger partial charge >= 0.3 is 11.8 Å². The Balaban J connectivity index is 1.66. The van der Waals surface area contributed by atoms with Gasteiger partial charge in [0.15, 0.2) is 0 Å². The van der Waals surface area contributed by atoms with E-state index in [0.29, 0.717) is 19.0 Å². The molecule has 2 amide bonds. The van der Waals surface area contributed by atoms with Crippen LogP contribution in [0.1, 0.15) is 18.4 Å². The third-order valence-electron chi connectivity index (χ3n) is 4.23. The zero-order valence-electron chi connectivity index (χ0n) is 12.1. The Morgan fingerprint density at radius 2 is 1.95 bits per heavy atom. The Morgan fingerprint density at radius 1 is 1.14 bits per heavy atom. The van der Waals surface area contributed by atoms with Gasteiger partial charge in [-0.2, -0.15) is 0 Å². The fourth-order valence-electron chi connectivity index (χ4n) is 3.07. The van der Waals surface area contributed by atoms with Gasteiger partial charge in [0, 0.05) is 18.8 Å². The summed E-state index contributed by atoms with van der Waals surface area (Å²) < 4.78 is 0. The van der Waals surface area contributed by atoms with Crippen molar-refractivity contribution in [1.29, 1.82) is 0 Å². The zero-order valence-corrected chi connectivity index (χ0v) is 12.1. The minimum Gasteiger partial charge on any atom is -0.346 e. The number of piperazine rings is 1. The van der Waals surface area contributed by atoms with E-state index in [0.717, 1.165) is 25.2 Å². The van der Waals surface area contributed by atoms with Gasteiger partial charge in [-0.25, -0.2) is 0 Å². The number of carbonyl (C=O) groups is 2. The fourth-order valence-corrected chi connectivity index (χ4v) is 3.07. The first-order chi connectivity index (χ1) is 10.2. The largest absolute Gasteiger partial charge is 0.346 e. The molecule has 0 radical (unpaired) electrons. The van der Waals surface area contributed by atoms with Gasteiger partial charge in [-0.3, -0.25) is 9.59 Å². The molecule has 2 fully saturated rings. The highest BCUT2D eigenvalue weighted by Gasteiger charge is 2.27. The van der Waals surface area contributed by atoms with E-state index in [4.69, 9.17) is 0 Å². The van der Waals surface area contributed by atoms with Crippen LogP contribution in [0.3, 0.4) is 0 Å². The van der Waals surface area contributed by atoms with Crippen molar-refractivity contribution in [2.45, 2.75) is 19.3 Å². The maximum atomic E-state index is 11.8. The number of amides is 2. The van der Waals surface area contributed by atoms with Gasteiger partial charge in [0.2, 0.25) is 0 Å². The lowest BCUT2D eigenvalue weighted by molar-refractivity contribution is -0.138. The lowest BCUT2D eigenvalue weighted by atomic mass is 9.92. The molecule has 0 bridgehead atoms. The molecule has 2 aliphatic rings. The van der Waals surface area contributed by atoms with Crippen LogP contribution in [-0.4, -0.2) is 38.0 Å². The zero-order chi connectivity index (χ0) is 14.7. The number of nitrogens with one attached hydrogen (secondary N) is 2. The third kappa shape index (κ3) is 3.24. The summed E-state index contributed by atoms with van der Waals surface area (Å²) in [7, 11) is 0. The first-order valence-corrected chi connectivity index (χ1v) is 7.63. The SMILES string of the molecule is O=C1NCCN(c2ccc(CC3CCCNC3)cc2)C1=O. The summed E-state index contributed by atoms with van der Waals surface area (Å²) in [4.78, 5) is 24.8. The molecule has 1 aromatic carbocycles. The average molecular weight is 287 g/mol. The van der Waals surface area contributed by atoms with Crippen LogP contribution >= 0.6 is 0 Å². The molecule has 21 heavy (non-hydrogen) atoms. The summed E-state index contributed by atoms with van der Waals surface area (Å²) in [6.07, 6.45) is 3.60. The molecule has 2 N–H and O–H groups in total. The van der Waals surface area contributed by atoms with Crippen LogP contribution in [0, 0.1) is 5.92 Å². The molecule has 1 aromatic rings. The molecule has 1 atom stereocenters. The first-order valence-electron chi connectivity index (χ1n) is 7.63. The predicted molar refractivity (Wildman–Crippen MR) is 81.1 cm³/mol. The van der Waals surface area contributed by atoms with E-state index in [1.807, 2.05) is 12.1 Å². The standard InChI is InChI=1S/C16H21N3O2/c20-15-16(21)19(9-8-18-15)14-5-3-12(4-6-14)10-13-2-1-7-17-11-13/h3-6,13,17H,1-2,7-11H2,(H,18,20). The molecule has 0 saturated carbocycles. The van der Waals surface area contributed by atoms with Crippen LogP contribution in [0.4, 0.5) is 5.69 Å². The Kier molecular flexibility index (Phi) is 4.20. The molecule has 2 heterocycles. The molecule has 0 aromatic heterocycles. The number of hydrogen-bond acceptors (Lipinski definition) is 3. The molecular formula is C16H21N3O2. The molecule has 2 saturated heterocycles. The molecule has 112 valence electrons. The smallest absolute Gasteiger partial charge is 0.316 e. The van der Waals surface area contributed by atoms with Crippen LogP contribution in [0.25, 0.3) is 0 Å². The third-order valence-corrected chi connectivity index (χ3v) is 4.23. The minimum absolute atomic E-state index is 0.467. The van der Waals surface area contributed by atoms with Gasteiger partial charge in [0.05, 0.1) is 0 Å². The van der Waals surface area contributed by atoms with Gasteiger partial charge in [-0.15, -0.1) is 0 Å². The number of piperidine rings is 1. The van der Waals surface area contributed by atoms with Crippen LogP contribution in [0.15, 0.2) is 24.3 Å². The second-order valence-corrected chi connectivity index (χ2v) is 5.80. The van der Waals surface area contributed by atoms with Gasteiger partial charge < -0.3 is 15.5 Å². The fraction of sp³-hybridized carbons (Fsp3) is 0.500. The highest BCUT2D eigenvalue weighted by molar-refractivity contribution is 6.41. The second-order valence-electron chi connectivity index (χ2n) is 5.80. The summed E-state index contributed by atoms with van der Waals surface area (Å²) in [5.74, 6) is -0.281. The summed E-state index contributed by atoms with van der Waals surface area (Å²) in [5.41, 5.74) is 2.10. The van der Waals surface area contributed by atoms with E-state index in [2.05, 4.69) is 22.8 Å². The van der Waals surface area contributed by atoms with Crippen molar-refractivity contribution in [3.8, 4) is 0 Å². The number of rotatable bonds is 3. The van der Waals surface area contributed by atoms with Crippen LogP contribution < -0.4 is 15.5 Å². The summed E-state index contributed by atoms with van der Waals surface area (Å²) >= 11 is 0. The van der Waals surface area contributed by atoms with E-state index in [9.17, 15) is 9.59 Å². The van der Waals surface area contributed by atoms with Gasteiger partial charge in [-0.1, -0.05) is 12.1 Å². The van der Waals surface area contributed by atoms with Gasteiger partial charge in [0.25, 0.3) is 0 Å². The van der Waals surface area contributed by atoms with Crippen LogP contribution in [0.5, 0.6) is 0 Å². The number of hydrogen-bond donors (Lipinski definition) is 2. The van der Waals surface area contributed by atoms with Crippen molar-refractivity contribution >= 4 is 17.5 Å². The highest BCUT2D eigenvalue weighted by atomic mass is 16.2. The number of nitrogens with zero attached hydrogens (tertiary/aromatic N) is 1. The number of benzene rings is 1. The normalized spacial score (nSPS) is 23.0. The van der Waals surface area contributed by atoms with E-state index >= 15 is 0 Å². The Morgan fingerprint density at radius 3 is 2.67 bits per heavy atom. The van der Waals surface area contributed by atoms with Gasteiger partial charge in [-0.05, 0) is 56.0 Å². The van der Waals surface area contributed by atoms with E-state index < -0.39 is 11.8 Å². The summed E-state index contributed by atoms with van der Waals surface area (Å²) in [5, 5.41) is 5.99. The predicted octanol–water partition coefficient (Wildman–Crippen LogP) is 0.691. The van der Waals surface area contributed by atoms with Crippen molar-refractivity contribution < 1.29 is 9.59 Å². The minimum atomic E-state index is -0.515. The Labute approximate surface area is 124 Å². The summed E-state index contributed by atoms with van der Waals surface area (Å²) in [6.45, 7) is 3.28. The van der Waals surface area contributed by atoms with Crippen LogP contribution in [0.2, 0.25) is 0 Å². The molecule has 2 aliphatic heterocycles. The molecule has 5 heteroatoms. The first kappa shape index (κ1) is 14.1. The van der Waals surface area contributed by atoms with E-state index in [1.54, 1.807) is 4.90 Å². The lowest BCUT2D eigenvalue weighted by Crippen LogP contribution is -2.52. The molecule has 1 unspecified atom stereocenters. The average Bonchev–Trinajstić information content (AvgIpc) is 2.52. The quantitative estimate of drug-likeness (QED) is 0.804. The maximum Gasteiger partial charge on any atom is 0.316 e. The topological polar surface area (TPSA) is 61.4 Å². The Hall–Kier alpha value is -1.88. The Bertz CT molecular complexity index is 521. The van der Waals surface area contributed by atoms with Crippen LogP contribution in [-0.2, 0) is 16.0 Å². The summed E-state index contributed by atoms with van der Waals surface area (Å²) in [6, 6.07) is 8.04. The second kappa shape index (κ2) is 6.26. The molecule has 5 nitrogen and oxygen atoms in total. The van der Waals surface area contributed by atoms with Crippen molar-refractivity contribution in [3.63, 3.8) is 0 Å². The van der Waals surface area contributed by atoms with E-state index in [1.165, 1.54) is 18.4 Å². The molecule has 3 rings (SSSR count). The molecular weight excluding hydrogens is 266 g/mol. The molecule has 0 aliphatic carbocycles. The highest BCUT2D eigenvalue weighted by Crippen LogP contribution is 2.20. The van der Waals surface area contributed by atoms with Crippen molar-refractivity contribution in [2.24, 2.45) is 5.92 Å². The van der Waals surface area contributed by atoms with Crippen molar-refractivity contribution in [1.82, 2.24) is 10.6 Å². The van der Waals surface area contributed by atoms with Crippen molar-refractivity contribution in [3.05, 3.63) is 29.8 Å². The molecule has 0 spiro atoms.